The number of carboxylic acid groups (broad SMARTS) is 1. The van der Waals surface area contributed by atoms with E-state index in [0.717, 1.165) is 64.2 Å². The van der Waals surface area contributed by atoms with Crippen LogP contribution in [0.4, 0.5) is 0 Å². The predicted octanol–water partition coefficient (Wildman–Crippen LogP) is 11.1. The van der Waals surface area contributed by atoms with E-state index in [4.69, 9.17) is 9.84 Å². The maximum atomic E-state index is 12.5. The maximum Gasteiger partial charge on any atom is 0.306 e. The summed E-state index contributed by atoms with van der Waals surface area (Å²) >= 11 is 0. The second kappa shape index (κ2) is 30.2. The molecule has 4 heteroatoms. The Labute approximate surface area is 236 Å². The number of hydrogen-bond donors (Lipinski definition) is 1. The lowest BCUT2D eigenvalue weighted by Gasteiger charge is -2.18. The smallest absolute Gasteiger partial charge is 0.306 e. The molecule has 38 heavy (non-hydrogen) atoms. The molecule has 1 N–H and O–H groups in total. The molecule has 1 unspecified atom stereocenters. The molecule has 0 saturated heterocycles. The average molecular weight is 537 g/mol. The normalized spacial score (nSPS) is 12.3. The van der Waals surface area contributed by atoms with Crippen LogP contribution in [0.5, 0.6) is 0 Å². The highest BCUT2D eigenvalue weighted by molar-refractivity contribution is 5.69. The van der Waals surface area contributed by atoms with Crippen molar-refractivity contribution in [1.82, 2.24) is 0 Å². The van der Waals surface area contributed by atoms with Gasteiger partial charge in [0.2, 0.25) is 0 Å². The zero-order chi connectivity index (χ0) is 27.9. The molecule has 0 aromatic carbocycles. The molecule has 1 atom stereocenters. The third-order valence-corrected chi connectivity index (χ3v) is 7.49. The van der Waals surface area contributed by atoms with E-state index in [2.05, 4.69) is 26.0 Å². The molecule has 0 saturated carbocycles. The van der Waals surface area contributed by atoms with Crippen LogP contribution in [0.25, 0.3) is 0 Å². The Hall–Kier alpha value is -1.32. The van der Waals surface area contributed by atoms with Gasteiger partial charge in [-0.25, -0.2) is 0 Å². The van der Waals surface area contributed by atoms with Crippen LogP contribution in [-0.4, -0.2) is 23.1 Å². The summed E-state index contributed by atoms with van der Waals surface area (Å²) in [4.78, 5) is 23.2. The van der Waals surface area contributed by atoms with Crippen LogP contribution < -0.4 is 0 Å². The molecule has 0 bridgehead atoms. The lowest BCUT2D eigenvalue weighted by Crippen LogP contribution is -2.18. The molecule has 224 valence electrons. The Balaban J connectivity index is 4.03. The van der Waals surface area contributed by atoms with Crippen molar-refractivity contribution in [2.24, 2.45) is 0 Å². The summed E-state index contributed by atoms with van der Waals surface area (Å²) in [7, 11) is 0. The minimum absolute atomic E-state index is 0.00830. The Morgan fingerprint density at radius 1 is 0.553 bits per heavy atom. The number of carbonyl (C=O) groups excluding carboxylic acids is 1. The van der Waals surface area contributed by atoms with Crippen LogP contribution >= 0.6 is 0 Å². The zero-order valence-corrected chi connectivity index (χ0v) is 25.5. The summed E-state index contributed by atoms with van der Waals surface area (Å²) in [6.07, 6.45) is 35.0. The minimum Gasteiger partial charge on any atom is -0.481 e. The highest BCUT2D eigenvalue weighted by Gasteiger charge is 2.14. The second-order valence-corrected chi connectivity index (χ2v) is 11.3. The van der Waals surface area contributed by atoms with Gasteiger partial charge >= 0.3 is 11.9 Å². The predicted molar refractivity (Wildman–Crippen MR) is 163 cm³/mol. The third-order valence-electron chi connectivity index (χ3n) is 7.49. The molecule has 0 amide bonds. The fourth-order valence-corrected chi connectivity index (χ4v) is 5.00. The van der Waals surface area contributed by atoms with E-state index in [1.54, 1.807) is 0 Å². The summed E-state index contributed by atoms with van der Waals surface area (Å²) < 4.78 is 5.94. The van der Waals surface area contributed by atoms with Crippen LogP contribution in [-0.2, 0) is 14.3 Å². The molecule has 0 aliphatic rings. The van der Waals surface area contributed by atoms with Crippen LogP contribution in [0.15, 0.2) is 12.2 Å². The highest BCUT2D eigenvalue weighted by Crippen LogP contribution is 2.18. The van der Waals surface area contributed by atoms with Gasteiger partial charge in [-0.1, -0.05) is 122 Å². The molecular weight excluding hydrogens is 472 g/mol. The standard InChI is InChI=1S/C34H64O4/c1-3-5-7-9-11-13-14-15-16-18-23-27-31-34(37)38-32(28-24-20-17-12-10-8-6-4-2)29-25-21-19-22-26-30-33(35)36/h11,13,32H,3-10,12,14-31H2,1-2H3,(H,35,36)/b13-11-. The van der Waals surface area contributed by atoms with E-state index >= 15 is 0 Å². The first-order valence-electron chi connectivity index (χ1n) is 16.7. The quantitative estimate of drug-likeness (QED) is 0.0563. The van der Waals surface area contributed by atoms with Gasteiger partial charge in [0.1, 0.15) is 6.10 Å². The Bertz CT molecular complexity index is 543. The largest absolute Gasteiger partial charge is 0.481 e. The van der Waals surface area contributed by atoms with Crippen molar-refractivity contribution in [2.45, 2.75) is 193 Å². The summed E-state index contributed by atoms with van der Waals surface area (Å²) in [5.41, 5.74) is 0. The van der Waals surface area contributed by atoms with E-state index < -0.39 is 5.97 Å². The van der Waals surface area contributed by atoms with E-state index in [9.17, 15) is 9.59 Å². The number of carbonyl (C=O) groups is 2. The van der Waals surface area contributed by atoms with E-state index in [1.165, 1.54) is 96.3 Å². The number of aliphatic carboxylic acids is 1. The SMILES string of the molecule is CCCCC/C=C\CCCCCCCC(=O)OC(CCCCCCCCCC)CCCCCCCC(=O)O. The van der Waals surface area contributed by atoms with Crippen LogP contribution in [0.3, 0.4) is 0 Å². The van der Waals surface area contributed by atoms with Crippen LogP contribution in [0.2, 0.25) is 0 Å². The van der Waals surface area contributed by atoms with E-state index in [-0.39, 0.29) is 18.5 Å². The van der Waals surface area contributed by atoms with E-state index in [0.29, 0.717) is 6.42 Å². The van der Waals surface area contributed by atoms with Crippen molar-refractivity contribution >= 4 is 11.9 Å². The topological polar surface area (TPSA) is 63.6 Å². The van der Waals surface area contributed by atoms with Gasteiger partial charge in [-0.15, -0.1) is 0 Å². The van der Waals surface area contributed by atoms with Crippen molar-refractivity contribution in [1.29, 1.82) is 0 Å². The third kappa shape index (κ3) is 29.2. The van der Waals surface area contributed by atoms with Gasteiger partial charge in [0.05, 0.1) is 0 Å². The first-order valence-corrected chi connectivity index (χ1v) is 16.7. The fraction of sp³-hybridized carbons (Fsp3) is 0.882. The van der Waals surface area contributed by atoms with Gasteiger partial charge in [-0.05, 0) is 64.2 Å². The fourth-order valence-electron chi connectivity index (χ4n) is 5.00. The zero-order valence-electron chi connectivity index (χ0n) is 25.5. The summed E-state index contributed by atoms with van der Waals surface area (Å²) in [6, 6.07) is 0. The number of ether oxygens (including phenoxy) is 1. The minimum atomic E-state index is -0.701. The number of unbranched alkanes of at least 4 members (excludes halogenated alkanes) is 19. The monoisotopic (exact) mass is 536 g/mol. The molecule has 0 aliphatic heterocycles. The Morgan fingerprint density at radius 2 is 0.947 bits per heavy atom. The molecule has 0 aromatic heterocycles. The lowest BCUT2D eigenvalue weighted by atomic mass is 10.0. The van der Waals surface area contributed by atoms with Gasteiger partial charge in [0.15, 0.2) is 0 Å². The summed E-state index contributed by atoms with van der Waals surface area (Å²) in [6.45, 7) is 4.50. The molecule has 0 fully saturated rings. The van der Waals surface area contributed by atoms with Crippen molar-refractivity contribution < 1.29 is 19.4 Å². The molecule has 0 aliphatic carbocycles. The number of hydrogen-bond acceptors (Lipinski definition) is 3. The molecule has 0 spiro atoms. The number of esters is 1. The van der Waals surface area contributed by atoms with Crippen molar-refractivity contribution in [3.05, 3.63) is 12.2 Å². The Morgan fingerprint density at radius 3 is 1.47 bits per heavy atom. The molecule has 0 radical (unpaired) electrons. The highest BCUT2D eigenvalue weighted by atomic mass is 16.5. The van der Waals surface area contributed by atoms with Crippen molar-refractivity contribution in [3.8, 4) is 0 Å². The summed E-state index contributed by atoms with van der Waals surface area (Å²) in [5.74, 6) is -0.710. The van der Waals surface area contributed by atoms with Crippen LogP contribution in [0.1, 0.15) is 187 Å². The number of rotatable bonds is 30. The number of allylic oxidation sites excluding steroid dienone is 2. The molecular formula is C34H64O4. The molecule has 0 heterocycles. The maximum absolute atomic E-state index is 12.5. The van der Waals surface area contributed by atoms with Crippen molar-refractivity contribution in [2.75, 3.05) is 0 Å². The van der Waals surface area contributed by atoms with Gasteiger partial charge in [0.25, 0.3) is 0 Å². The first kappa shape index (κ1) is 36.7. The summed E-state index contributed by atoms with van der Waals surface area (Å²) in [5, 5.41) is 8.76. The first-order chi connectivity index (χ1) is 18.6. The van der Waals surface area contributed by atoms with Gasteiger partial charge < -0.3 is 9.84 Å². The van der Waals surface area contributed by atoms with Gasteiger partial charge in [-0.2, -0.15) is 0 Å². The lowest BCUT2D eigenvalue weighted by molar-refractivity contribution is -0.150. The van der Waals surface area contributed by atoms with Gasteiger partial charge in [0, 0.05) is 12.8 Å². The van der Waals surface area contributed by atoms with E-state index in [1.807, 2.05) is 0 Å². The average Bonchev–Trinajstić information content (AvgIpc) is 2.89. The van der Waals surface area contributed by atoms with Crippen molar-refractivity contribution in [3.63, 3.8) is 0 Å². The number of carboxylic acids is 1. The van der Waals surface area contributed by atoms with Gasteiger partial charge in [-0.3, -0.25) is 9.59 Å². The molecule has 0 rings (SSSR count). The Kier molecular flexibility index (Phi) is 29.2. The van der Waals surface area contributed by atoms with Crippen LogP contribution in [0, 0.1) is 0 Å². The molecule has 4 nitrogen and oxygen atoms in total. The molecule has 0 aromatic rings. The second-order valence-electron chi connectivity index (χ2n) is 11.3.